The van der Waals surface area contributed by atoms with E-state index < -0.39 is 12.3 Å². The van der Waals surface area contributed by atoms with Gasteiger partial charge < -0.3 is 24.0 Å². The molecular weight excluding hydrogens is 1270 g/mol. The molecule has 2 aromatic heterocycles. The minimum atomic E-state index is -2.30. The molecule has 3 aliphatic rings. The second kappa shape index (κ2) is 21.3. The minimum Gasteiger partial charge on any atom is -0.509 e. The number of pyridine rings is 1. The molecule has 436 valence electrons. The molecule has 0 amide bonds. The Morgan fingerprint density at radius 3 is 1.80 bits per heavy atom. The number of anilines is 7. The Balaban J connectivity index is 0.00000702. The second-order valence-corrected chi connectivity index (χ2v) is 25.4. The summed E-state index contributed by atoms with van der Waals surface area (Å²) in [7, 11) is 0. The van der Waals surface area contributed by atoms with Crippen LogP contribution in [0.2, 0.25) is 0 Å². The zero-order chi connectivity index (χ0) is 62.1. The van der Waals surface area contributed by atoms with Gasteiger partial charge in [0, 0.05) is 82.3 Å². The van der Waals surface area contributed by atoms with E-state index in [1.165, 1.54) is 44.5 Å². The fourth-order valence-electron chi connectivity index (χ4n) is 14.1. The standard InChI is InChI=1S/C82H64N5O.Pt/c1-53-44-45-83-77(46-53)87-71-37-16-12-28-62(71)63-43-42-60(51-76(63)87)88-59-27-21-26-58(50-59)84-52-85(75-41-20-19-40-74(75)84)79-61(54-47-55(80(2,3)4)49-56(48-54)81(5,6)7)30-22-32-65(79)64-31-23-36-70-78(64)66-29-11-13-33-67(66)82(70)68-34-14-17-38-72(68)86(57-24-9-8-10-25-57)73-39-18-15-35-69(73)82;/h8-49,52H,1-7H3;/q-3;/i1D3;. The molecule has 0 radical (unpaired) electrons. The van der Waals surface area contributed by atoms with E-state index in [1.807, 2.05) is 47.0 Å². The molecule has 0 saturated carbocycles. The van der Waals surface area contributed by atoms with Crippen molar-refractivity contribution in [2.45, 2.75) is 64.6 Å². The first-order valence-electron chi connectivity index (χ1n) is 31.8. The van der Waals surface area contributed by atoms with Crippen LogP contribution in [0, 0.1) is 25.7 Å². The summed E-state index contributed by atoms with van der Waals surface area (Å²) in [4.78, 5) is 11.7. The second-order valence-electron chi connectivity index (χ2n) is 25.4. The third-order valence-corrected chi connectivity index (χ3v) is 18.1. The zero-order valence-corrected chi connectivity index (χ0v) is 52.6. The van der Waals surface area contributed by atoms with Crippen LogP contribution >= 0.6 is 0 Å². The van der Waals surface area contributed by atoms with E-state index in [2.05, 4.69) is 274 Å². The van der Waals surface area contributed by atoms with Crippen molar-refractivity contribution < 1.29 is 29.9 Å². The number of aryl methyl sites for hydroxylation is 1. The average Bonchev–Trinajstić information content (AvgIpc) is 1.46. The number of nitrogens with zero attached hydrogens (tertiary/aromatic N) is 5. The van der Waals surface area contributed by atoms with Gasteiger partial charge in [0.15, 0.2) is 0 Å². The summed E-state index contributed by atoms with van der Waals surface area (Å²) in [5.74, 6) is 1.46. The van der Waals surface area contributed by atoms with Gasteiger partial charge in [-0.1, -0.05) is 211 Å². The van der Waals surface area contributed by atoms with Crippen molar-refractivity contribution in [1.29, 1.82) is 0 Å². The fraction of sp³-hybridized carbons (Fsp3) is 0.122. The van der Waals surface area contributed by atoms with Gasteiger partial charge in [-0.2, -0.15) is 12.1 Å². The molecule has 1 aliphatic carbocycles. The summed E-state index contributed by atoms with van der Waals surface area (Å²) in [5.41, 5.74) is 22.6. The summed E-state index contributed by atoms with van der Waals surface area (Å²) >= 11 is 0. The van der Waals surface area contributed by atoms with E-state index in [4.69, 9.17) is 8.85 Å². The molecule has 0 bridgehead atoms. The Hall–Kier alpha value is -9.74. The number of para-hydroxylation sites is 7. The smallest absolute Gasteiger partial charge is 0.135 e. The summed E-state index contributed by atoms with van der Waals surface area (Å²) in [6.45, 7) is 13.8. The third-order valence-electron chi connectivity index (χ3n) is 18.1. The molecule has 1 spiro atoms. The third kappa shape index (κ3) is 8.89. The molecule has 11 aromatic carbocycles. The van der Waals surface area contributed by atoms with Crippen LogP contribution in [0.1, 0.15) is 84.6 Å². The molecule has 2 aliphatic heterocycles. The summed E-state index contributed by atoms with van der Waals surface area (Å²) in [6.07, 6.45) is 1.55. The van der Waals surface area contributed by atoms with Gasteiger partial charge in [0.05, 0.1) is 16.8 Å². The Morgan fingerprint density at radius 2 is 1.07 bits per heavy atom. The van der Waals surface area contributed by atoms with Gasteiger partial charge in [-0.3, -0.25) is 0 Å². The van der Waals surface area contributed by atoms with Crippen LogP contribution in [-0.2, 0) is 37.3 Å². The molecule has 16 rings (SSSR count). The van der Waals surface area contributed by atoms with Crippen LogP contribution in [0.15, 0.2) is 255 Å². The van der Waals surface area contributed by atoms with E-state index in [0.717, 1.165) is 78.4 Å². The van der Waals surface area contributed by atoms with Crippen LogP contribution in [0.3, 0.4) is 0 Å². The van der Waals surface area contributed by atoms with Gasteiger partial charge in [0.2, 0.25) is 0 Å². The Kier molecular flexibility index (Phi) is 12.5. The maximum absolute atomic E-state index is 8.19. The molecule has 0 atom stereocenters. The first-order chi connectivity index (χ1) is 44.0. The van der Waals surface area contributed by atoms with Crippen LogP contribution < -0.4 is 19.4 Å². The van der Waals surface area contributed by atoms with Crippen molar-refractivity contribution in [2.75, 3.05) is 14.7 Å². The Labute approximate surface area is 540 Å². The molecule has 7 heteroatoms. The fourth-order valence-corrected chi connectivity index (χ4v) is 14.1. The number of fused-ring (bicyclic) bond motifs is 13. The van der Waals surface area contributed by atoms with Gasteiger partial charge in [-0.25, -0.2) is 4.98 Å². The van der Waals surface area contributed by atoms with E-state index in [9.17, 15) is 0 Å². The van der Waals surface area contributed by atoms with Gasteiger partial charge in [0.25, 0.3) is 0 Å². The quantitative estimate of drug-likeness (QED) is 0.142. The molecule has 0 fully saturated rings. The topological polar surface area (TPSA) is 36.8 Å². The van der Waals surface area contributed by atoms with Crippen molar-refractivity contribution in [3.05, 3.63) is 313 Å². The number of ether oxygens (including phenoxy) is 1. The van der Waals surface area contributed by atoms with Gasteiger partial charge in [0.1, 0.15) is 5.82 Å². The summed E-state index contributed by atoms with van der Waals surface area (Å²) < 4.78 is 33.3. The normalized spacial score (nSPS) is 14.3. The van der Waals surface area contributed by atoms with Gasteiger partial charge in [-0.05, 0) is 139 Å². The number of aromatic nitrogens is 2. The Morgan fingerprint density at radius 1 is 0.483 bits per heavy atom. The summed E-state index contributed by atoms with van der Waals surface area (Å²) in [5, 5.41) is 1.93. The van der Waals surface area contributed by atoms with E-state index >= 15 is 0 Å². The maximum Gasteiger partial charge on any atom is 0.135 e. The molecule has 0 unspecified atom stereocenters. The van der Waals surface area contributed by atoms with E-state index in [-0.39, 0.29) is 37.5 Å². The van der Waals surface area contributed by atoms with Crippen molar-refractivity contribution in [2.24, 2.45) is 0 Å². The van der Waals surface area contributed by atoms with Crippen LogP contribution in [-0.4, -0.2) is 9.55 Å². The maximum atomic E-state index is 8.19. The molecular formula is C82H64N5OPt-3. The monoisotopic (exact) mass is 1330 g/mol. The summed E-state index contributed by atoms with van der Waals surface area (Å²) in [6, 6.07) is 96.1. The molecule has 13 aromatic rings. The first-order valence-corrected chi connectivity index (χ1v) is 30.3. The predicted octanol–water partition coefficient (Wildman–Crippen LogP) is 21.4. The predicted molar refractivity (Wildman–Crippen MR) is 363 cm³/mol. The van der Waals surface area contributed by atoms with Crippen molar-refractivity contribution in [3.63, 3.8) is 0 Å². The first kappa shape index (κ1) is 52.4. The Bertz CT molecular complexity index is 5000. The van der Waals surface area contributed by atoms with Gasteiger partial charge in [-0.15, -0.1) is 48.1 Å². The average molecular weight is 1330 g/mol. The number of hydrogen-bond donors (Lipinski definition) is 0. The number of rotatable bonds is 8. The van der Waals surface area contributed by atoms with Crippen LogP contribution in [0.5, 0.6) is 11.5 Å². The van der Waals surface area contributed by atoms with Crippen molar-refractivity contribution in [3.8, 4) is 50.7 Å². The largest absolute Gasteiger partial charge is 0.509 e. The molecule has 89 heavy (non-hydrogen) atoms. The number of hydrogen-bond acceptors (Lipinski definition) is 5. The zero-order valence-electron chi connectivity index (χ0n) is 53.3. The number of benzene rings is 11. The molecule has 0 saturated heterocycles. The van der Waals surface area contributed by atoms with Crippen molar-refractivity contribution >= 4 is 61.6 Å². The SMILES string of the molecule is [2H]C([2H])([2H])c1ccnc(-n2c3[c-]c(Oc4[c-]c(N5[CH-]N(c6c(-c7cc(C(C)(C)C)cc(C(C)(C)C)c7)cccc6-c6cccc7c6-c6ccccc6C76c7ccccc7N(c7ccccc7)c7ccccc76)c6ccccc65)ccc4)ccc3c3ccccc32)c1.[Pt]. The molecule has 6 nitrogen and oxygen atoms in total. The van der Waals surface area contributed by atoms with Crippen molar-refractivity contribution in [1.82, 2.24) is 9.55 Å². The minimum absolute atomic E-state index is 0. The van der Waals surface area contributed by atoms with Gasteiger partial charge >= 0.3 is 0 Å². The van der Waals surface area contributed by atoms with E-state index in [1.54, 1.807) is 18.3 Å². The van der Waals surface area contributed by atoms with Crippen LogP contribution in [0.4, 0.5) is 39.8 Å². The molecule has 0 N–H and O–H groups in total. The van der Waals surface area contributed by atoms with E-state index in [0.29, 0.717) is 22.8 Å². The van der Waals surface area contributed by atoms with Crippen LogP contribution in [0.25, 0.3) is 61.0 Å². The molecule has 4 heterocycles.